The minimum Gasteiger partial charge on any atom is -0.299 e. The standard InChI is InChI=1S/C17H28N2O/c1-3-16(4-2)19-12-11-15(18-19)13-17(20)10-9-14-7-5-6-8-14/h11-12,14,16H,3-10,13H2,1-2H3. The molecule has 1 saturated carbocycles. The molecule has 112 valence electrons. The highest BCUT2D eigenvalue weighted by Gasteiger charge is 2.17. The van der Waals surface area contributed by atoms with Gasteiger partial charge in [-0.05, 0) is 31.2 Å². The van der Waals surface area contributed by atoms with Crippen LogP contribution in [0.25, 0.3) is 0 Å². The molecule has 0 unspecified atom stereocenters. The highest BCUT2D eigenvalue weighted by atomic mass is 16.1. The quantitative estimate of drug-likeness (QED) is 0.708. The Morgan fingerprint density at radius 3 is 2.70 bits per heavy atom. The van der Waals surface area contributed by atoms with E-state index in [1.54, 1.807) is 0 Å². The molecule has 1 fully saturated rings. The van der Waals surface area contributed by atoms with Crippen LogP contribution in [0.3, 0.4) is 0 Å². The molecule has 0 saturated heterocycles. The molecule has 0 radical (unpaired) electrons. The molecule has 0 amide bonds. The zero-order valence-electron chi connectivity index (χ0n) is 13.0. The van der Waals surface area contributed by atoms with Gasteiger partial charge in [0.1, 0.15) is 5.78 Å². The fourth-order valence-electron chi connectivity index (χ4n) is 3.29. The van der Waals surface area contributed by atoms with E-state index in [9.17, 15) is 4.79 Å². The van der Waals surface area contributed by atoms with E-state index in [1.807, 2.05) is 16.9 Å². The zero-order chi connectivity index (χ0) is 14.4. The summed E-state index contributed by atoms with van der Waals surface area (Å²) in [5, 5.41) is 4.57. The van der Waals surface area contributed by atoms with Gasteiger partial charge in [-0.1, -0.05) is 39.5 Å². The number of carbonyl (C=O) groups is 1. The van der Waals surface area contributed by atoms with Gasteiger partial charge in [0.05, 0.1) is 18.2 Å². The van der Waals surface area contributed by atoms with Crippen molar-refractivity contribution in [1.29, 1.82) is 0 Å². The average Bonchev–Trinajstić information content (AvgIpc) is 3.10. The van der Waals surface area contributed by atoms with E-state index in [1.165, 1.54) is 25.7 Å². The summed E-state index contributed by atoms with van der Waals surface area (Å²) in [5.41, 5.74) is 0.938. The van der Waals surface area contributed by atoms with Gasteiger partial charge in [-0.2, -0.15) is 5.10 Å². The van der Waals surface area contributed by atoms with E-state index in [-0.39, 0.29) is 0 Å². The van der Waals surface area contributed by atoms with Gasteiger partial charge in [0.15, 0.2) is 0 Å². The van der Waals surface area contributed by atoms with Crippen molar-refractivity contribution in [2.75, 3.05) is 0 Å². The number of nitrogens with zero attached hydrogens (tertiary/aromatic N) is 2. The number of rotatable bonds is 8. The minimum atomic E-state index is 0.353. The summed E-state index contributed by atoms with van der Waals surface area (Å²) in [4.78, 5) is 12.0. The molecule has 3 nitrogen and oxygen atoms in total. The first-order valence-corrected chi connectivity index (χ1v) is 8.28. The number of hydrogen-bond acceptors (Lipinski definition) is 2. The van der Waals surface area contributed by atoms with Crippen LogP contribution in [0.1, 0.15) is 76.9 Å². The van der Waals surface area contributed by atoms with Crippen molar-refractivity contribution < 1.29 is 4.79 Å². The topological polar surface area (TPSA) is 34.9 Å². The molecule has 0 bridgehead atoms. The first kappa shape index (κ1) is 15.3. The molecule has 0 atom stereocenters. The van der Waals surface area contributed by atoms with Gasteiger partial charge in [0.2, 0.25) is 0 Å². The summed E-state index contributed by atoms with van der Waals surface area (Å²) in [5.74, 6) is 1.16. The van der Waals surface area contributed by atoms with Crippen LogP contribution in [0.15, 0.2) is 12.3 Å². The highest BCUT2D eigenvalue weighted by Crippen LogP contribution is 2.28. The molecule has 1 aromatic heterocycles. The molecule has 1 aliphatic carbocycles. The second kappa shape index (κ2) is 7.61. The van der Waals surface area contributed by atoms with E-state index < -0.39 is 0 Å². The molecule has 3 heteroatoms. The third-order valence-electron chi connectivity index (χ3n) is 4.66. The number of ketones is 1. The predicted molar refractivity (Wildman–Crippen MR) is 81.7 cm³/mol. The number of aromatic nitrogens is 2. The van der Waals surface area contributed by atoms with E-state index in [4.69, 9.17) is 0 Å². The first-order chi connectivity index (χ1) is 9.72. The Morgan fingerprint density at radius 1 is 1.35 bits per heavy atom. The molecule has 0 spiro atoms. The predicted octanol–water partition coefficient (Wildman–Crippen LogP) is 4.33. The van der Waals surface area contributed by atoms with E-state index in [0.717, 1.165) is 37.3 Å². The molecule has 0 aromatic carbocycles. The Bertz CT molecular complexity index is 414. The minimum absolute atomic E-state index is 0.353. The van der Waals surface area contributed by atoms with Gasteiger partial charge in [-0.25, -0.2) is 0 Å². The van der Waals surface area contributed by atoms with Crippen molar-refractivity contribution in [3.8, 4) is 0 Å². The normalized spacial score (nSPS) is 16.1. The summed E-state index contributed by atoms with van der Waals surface area (Å²) >= 11 is 0. The van der Waals surface area contributed by atoms with Gasteiger partial charge in [-0.15, -0.1) is 0 Å². The van der Waals surface area contributed by atoms with Crippen molar-refractivity contribution in [2.24, 2.45) is 5.92 Å². The third kappa shape index (κ3) is 4.19. The van der Waals surface area contributed by atoms with Crippen molar-refractivity contribution in [1.82, 2.24) is 9.78 Å². The Labute approximate surface area is 122 Å². The molecule has 1 aromatic rings. The van der Waals surface area contributed by atoms with E-state index >= 15 is 0 Å². The Hall–Kier alpha value is -1.12. The van der Waals surface area contributed by atoms with Crippen LogP contribution in [-0.2, 0) is 11.2 Å². The van der Waals surface area contributed by atoms with Gasteiger partial charge in [-0.3, -0.25) is 9.48 Å². The second-order valence-electron chi connectivity index (χ2n) is 6.16. The molecular weight excluding hydrogens is 248 g/mol. The average molecular weight is 276 g/mol. The van der Waals surface area contributed by atoms with Crippen molar-refractivity contribution in [3.05, 3.63) is 18.0 Å². The second-order valence-corrected chi connectivity index (χ2v) is 6.16. The van der Waals surface area contributed by atoms with Gasteiger partial charge in [0.25, 0.3) is 0 Å². The Balaban J connectivity index is 1.78. The SMILES string of the molecule is CCC(CC)n1ccc(CC(=O)CCC2CCCC2)n1. The van der Waals surface area contributed by atoms with Crippen LogP contribution in [0.2, 0.25) is 0 Å². The summed E-state index contributed by atoms with van der Waals surface area (Å²) in [6.07, 6.45) is 11.9. The van der Waals surface area contributed by atoms with Crippen LogP contribution < -0.4 is 0 Å². The van der Waals surface area contributed by atoms with Crippen molar-refractivity contribution >= 4 is 5.78 Å². The zero-order valence-corrected chi connectivity index (χ0v) is 13.0. The van der Waals surface area contributed by atoms with Crippen LogP contribution in [-0.4, -0.2) is 15.6 Å². The van der Waals surface area contributed by atoms with Gasteiger partial charge >= 0.3 is 0 Å². The maximum absolute atomic E-state index is 12.0. The lowest BCUT2D eigenvalue weighted by atomic mass is 9.99. The smallest absolute Gasteiger partial charge is 0.138 e. The maximum atomic E-state index is 12.0. The largest absolute Gasteiger partial charge is 0.299 e. The molecule has 0 N–H and O–H groups in total. The lowest BCUT2D eigenvalue weighted by Gasteiger charge is -2.12. The molecule has 20 heavy (non-hydrogen) atoms. The lowest BCUT2D eigenvalue weighted by molar-refractivity contribution is -0.118. The summed E-state index contributed by atoms with van der Waals surface area (Å²) in [7, 11) is 0. The Morgan fingerprint density at radius 2 is 2.05 bits per heavy atom. The monoisotopic (exact) mass is 276 g/mol. The fourth-order valence-corrected chi connectivity index (χ4v) is 3.29. The lowest BCUT2D eigenvalue weighted by Crippen LogP contribution is -2.10. The van der Waals surface area contributed by atoms with Crippen molar-refractivity contribution in [2.45, 2.75) is 77.7 Å². The number of Topliss-reactive ketones (excluding diaryl/α,β-unsaturated/α-hetero) is 1. The summed E-state index contributed by atoms with van der Waals surface area (Å²) in [6.45, 7) is 4.37. The van der Waals surface area contributed by atoms with Gasteiger partial charge < -0.3 is 0 Å². The molecule has 2 rings (SSSR count). The third-order valence-corrected chi connectivity index (χ3v) is 4.66. The van der Waals surface area contributed by atoms with Gasteiger partial charge in [0, 0.05) is 12.6 Å². The molecule has 1 aliphatic rings. The number of hydrogen-bond donors (Lipinski definition) is 0. The molecular formula is C17H28N2O. The summed E-state index contributed by atoms with van der Waals surface area (Å²) < 4.78 is 2.03. The van der Waals surface area contributed by atoms with Crippen molar-refractivity contribution in [3.63, 3.8) is 0 Å². The van der Waals surface area contributed by atoms with E-state index in [0.29, 0.717) is 18.2 Å². The highest BCUT2D eigenvalue weighted by molar-refractivity contribution is 5.80. The summed E-state index contributed by atoms with van der Waals surface area (Å²) in [6, 6.07) is 2.48. The van der Waals surface area contributed by atoms with Crippen LogP contribution in [0.4, 0.5) is 0 Å². The van der Waals surface area contributed by atoms with E-state index in [2.05, 4.69) is 18.9 Å². The van der Waals surface area contributed by atoms with Crippen LogP contribution in [0, 0.1) is 5.92 Å². The maximum Gasteiger partial charge on any atom is 0.138 e. The molecule has 1 heterocycles. The first-order valence-electron chi connectivity index (χ1n) is 8.28. The fraction of sp³-hybridized carbons (Fsp3) is 0.765. The molecule has 0 aliphatic heterocycles. The van der Waals surface area contributed by atoms with Crippen LogP contribution >= 0.6 is 0 Å². The van der Waals surface area contributed by atoms with Crippen LogP contribution in [0.5, 0.6) is 0 Å². The number of carbonyl (C=O) groups excluding carboxylic acids is 1. The Kier molecular flexibility index (Phi) is 5.81.